The van der Waals surface area contributed by atoms with Crippen molar-refractivity contribution in [3.8, 4) is 20.9 Å². The fraction of sp³-hybridized carbons (Fsp3) is 0.154. The lowest BCUT2D eigenvalue weighted by atomic mass is 9.99. The van der Waals surface area contributed by atoms with E-state index in [-0.39, 0.29) is 24.4 Å². The quantitative estimate of drug-likeness (QED) is 0.314. The number of carbonyl (C=O) groups is 2. The Morgan fingerprint density at radius 3 is 2.12 bits per heavy atom. The van der Waals surface area contributed by atoms with Gasteiger partial charge in [0.1, 0.15) is 0 Å². The van der Waals surface area contributed by atoms with E-state index < -0.39 is 0 Å². The Bertz CT molecular complexity index is 1210. The smallest absolute Gasteiger partial charge is 0.252 e. The van der Waals surface area contributed by atoms with Crippen molar-refractivity contribution in [3.05, 3.63) is 88.1 Å². The second-order valence-corrected chi connectivity index (χ2v) is 9.67. The molecule has 5 nitrogen and oxygen atoms in total. The summed E-state index contributed by atoms with van der Waals surface area (Å²) in [4.78, 5) is 27.1. The van der Waals surface area contributed by atoms with Gasteiger partial charge in [-0.15, -0.1) is 22.7 Å². The van der Waals surface area contributed by atoms with Gasteiger partial charge in [-0.25, -0.2) is 0 Å². The summed E-state index contributed by atoms with van der Waals surface area (Å²) in [7, 11) is 0. The number of nitrogens with one attached hydrogen (secondary N) is 2. The SMILES string of the molecule is Cc1ccc(NC(=O)CN)cc1C(=O)N[C@H](C)c1cc(-c2cccs2)cc(-c2cccs2)c1. The maximum absolute atomic E-state index is 13.1. The molecule has 4 aromatic rings. The van der Waals surface area contributed by atoms with Gasteiger partial charge in [0.05, 0.1) is 12.6 Å². The molecule has 0 aliphatic carbocycles. The zero-order valence-electron chi connectivity index (χ0n) is 18.4. The molecule has 0 aliphatic heterocycles. The molecule has 4 N–H and O–H groups in total. The minimum absolute atomic E-state index is 0.112. The molecule has 0 bridgehead atoms. The van der Waals surface area contributed by atoms with Crippen molar-refractivity contribution in [3.63, 3.8) is 0 Å². The van der Waals surface area contributed by atoms with E-state index in [1.165, 1.54) is 9.75 Å². The fourth-order valence-electron chi connectivity index (χ4n) is 3.59. The van der Waals surface area contributed by atoms with Crippen molar-refractivity contribution in [2.75, 3.05) is 11.9 Å². The summed E-state index contributed by atoms with van der Waals surface area (Å²) in [5.41, 5.74) is 10.6. The number of hydrogen-bond donors (Lipinski definition) is 3. The number of aryl methyl sites for hydroxylation is 1. The maximum atomic E-state index is 13.1. The third-order valence-corrected chi connectivity index (χ3v) is 7.20. The number of amides is 2. The molecule has 1 atom stereocenters. The van der Waals surface area contributed by atoms with Crippen LogP contribution in [0.2, 0.25) is 0 Å². The first-order valence-corrected chi connectivity index (χ1v) is 12.3. The van der Waals surface area contributed by atoms with Gasteiger partial charge in [-0.1, -0.05) is 18.2 Å². The molecule has 7 heteroatoms. The highest BCUT2D eigenvalue weighted by Crippen LogP contribution is 2.34. The van der Waals surface area contributed by atoms with E-state index >= 15 is 0 Å². The zero-order chi connectivity index (χ0) is 23.4. The van der Waals surface area contributed by atoms with Gasteiger partial charge < -0.3 is 16.4 Å². The number of thiophene rings is 2. The van der Waals surface area contributed by atoms with Crippen LogP contribution in [0.3, 0.4) is 0 Å². The third kappa shape index (κ3) is 5.39. The number of hydrogen-bond acceptors (Lipinski definition) is 5. The first kappa shape index (κ1) is 22.9. The molecule has 0 saturated carbocycles. The topological polar surface area (TPSA) is 84.2 Å². The molecule has 0 fully saturated rings. The molecule has 33 heavy (non-hydrogen) atoms. The Hall–Kier alpha value is -3.26. The van der Waals surface area contributed by atoms with Crippen LogP contribution in [0.15, 0.2) is 71.4 Å². The maximum Gasteiger partial charge on any atom is 0.252 e. The van der Waals surface area contributed by atoms with Gasteiger partial charge in [0, 0.05) is 21.0 Å². The molecule has 2 aromatic carbocycles. The first-order chi connectivity index (χ1) is 15.9. The van der Waals surface area contributed by atoms with Crippen LogP contribution in [0, 0.1) is 6.92 Å². The molecule has 4 rings (SSSR count). The Morgan fingerprint density at radius 1 is 0.939 bits per heavy atom. The average Bonchev–Trinajstić information content (AvgIpc) is 3.54. The van der Waals surface area contributed by atoms with Gasteiger partial charge in [-0.2, -0.15) is 0 Å². The fourth-order valence-corrected chi connectivity index (χ4v) is 5.02. The summed E-state index contributed by atoms with van der Waals surface area (Å²) in [6, 6.07) is 19.8. The molecule has 2 aromatic heterocycles. The van der Waals surface area contributed by atoms with Gasteiger partial charge >= 0.3 is 0 Å². The average molecular weight is 476 g/mol. The molecule has 0 spiro atoms. The molecule has 0 unspecified atom stereocenters. The second-order valence-electron chi connectivity index (χ2n) is 7.78. The first-order valence-electron chi connectivity index (χ1n) is 10.6. The zero-order valence-corrected chi connectivity index (χ0v) is 20.1. The van der Waals surface area contributed by atoms with Crippen molar-refractivity contribution < 1.29 is 9.59 Å². The minimum Gasteiger partial charge on any atom is -0.346 e. The largest absolute Gasteiger partial charge is 0.346 e. The van der Waals surface area contributed by atoms with E-state index in [4.69, 9.17) is 5.73 Å². The Kier molecular flexibility index (Phi) is 7.03. The summed E-state index contributed by atoms with van der Waals surface area (Å²) in [6.45, 7) is 3.75. The Labute approximate surface area is 201 Å². The summed E-state index contributed by atoms with van der Waals surface area (Å²) < 4.78 is 0. The van der Waals surface area contributed by atoms with Crippen LogP contribution < -0.4 is 16.4 Å². The Morgan fingerprint density at radius 2 is 1.58 bits per heavy atom. The lowest BCUT2D eigenvalue weighted by Crippen LogP contribution is -2.28. The summed E-state index contributed by atoms with van der Waals surface area (Å²) >= 11 is 3.39. The molecular formula is C26H25N3O2S2. The summed E-state index contributed by atoms with van der Waals surface area (Å²) in [5.74, 6) is -0.492. The van der Waals surface area contributed by atoms with Gasteiger partial charge in [-0.05, 0) is 89.3 Å². The third-order valence-electron chi connectivity index (χ3n) is 5.37. The highest BCUT2D eigenvalue weighted by Gasteiger charge is 2.17. The number of benzene rings is 2. The van der Waals surface area contributed by atoms with Crippen molar-refractivity contribution >= 4 is 40.2 Å². The molecule has 0 radical (unpaired) electrons. The lowest BCUT2D eigenvalue weighted by molar-refractivity contribution is -0.114. The molecule has 0 saturated heterocycles. The number of rotatable bonds is 7. The standard InChI is InChI=1S/C26H25N3O2S2/c1-16-7-8-21(29-25(30)15-27)14-22(16)26(31)28-17(2)18-11-19(23-5-3-9-32-23)13-20(12-18)24-6-4-10-33-24/h3-14,17H,15,27H2,1-2H3,(H,28,31)(H,29,30)/t17-/m1/s1. The molecular weight excluding hydrogens is 450 g/mol. The van der Waals surface area contributed by atoms with Gasteiger partial charge in [0.15, 0.2) is 0 Å². The molecule has 168 valence electrons. The number of carbonyl (C=O) groups excluding carboxylic acids is 2. The normalized spacial score (nSPS) is 11.7. The van der Waals surface area contributed by atoms with Gasteiger partial charge in [-0.3, -0.25) is 9.59 Å². The van der Waals surface area contributed by atoms with E-state index in [1.54, 1.807) is 34.8 Å². The summed E-state index contributed by atoms with van der Waals surface area (Å²) in [5, 5.41) is 9.96. The van der Waals surface area contributed by atoms with Crippen molar-refractivity contribution in [1.82, 2.24) is 5.32 Å². The van der Waals surface area contributed by atoms with E-state index in [1.807, 2.05) is 32.0 Å². The minimum atomic E-state index is -0.301. The molecule has 2 amide bonds. The monoisotopic (exact) mass is 475 g/mol. The van der Waals surface area contributed by atoms with Crippen LogP contribution >= 0.6 is 22.7 Å². The van der Waals surface area contributed by atoms with Crippen molar-refractivity contribution in [2.24, 2.45) is 5.73 Å². The van der Waals surface area contributed by atoms with Crippen LogP contribution in [0.4, 0.5) is 5.69 Å². The van der Waals surface area contributed by atoms with Crippen molar-refractivity contribution in [2.45, 2.75) is 19.9 Å². The van der Waals surface area contributed by atoms with E-state index in [2.05, 4.69) is 51.7 Å². The van der Waals surface area contributed by atoms with Gasteiger partial charge in [0.2, 0.25) is 5.91 Å². The van der Waals surface area contributed by atoms with Crippen LogP contribution in [0.5, 0.6) is 0 Å². The lowest BCUT2D eigenvalue weighted by Gasteiger charge is -2.18. The Balaban J connectivity index is 1.62. The van der Waals surface area contributed by atoms with Crippen LogP contribution in [-0.2, 0) is 4.79 Å². The number of nitrogens with two attached hydrogens (primary N) is 1. The van der Waals surface area contributed by atoms with E-state index in [0.29, 0.717) is 11.3 Å². The molecule has 0 aliphatic rings. The van der Waals surface area contributed by atoms with E-state index in [0.717, 1.165) is 22.3 Å². The van der Waals surface area contributed by atoms with Crippen LogP contribution in [0.25, 0.3) is 20.9 Å². The number of anilines is 1. The van der Waals surface area contributed by atoms with Crippen LogP contribution in [0.1, 0.15) is 34.5 Å². The predicted molar refractivity (Wildman–Crippen MR) is 138 cm³/mol. The summed E-state index contributed by atoms with van der Waals surface area (Å²) in [6.07, 6.45) is 0. The van der Waals surface area contributed by atoms with Crippen molar-refractivity contribution in [1.29, 1.82) is 0 Å². The second kappa shape index (κ2) is 10.1. The highest BCUT2D eigenvalue weighted by molar-refractivity contribution is 7.14. The highest BCUT2D eigenvalue weighted by atomic mass is 32.1. The molecule has 2 heterocycles. The predicted octanol–water partition coefficient (Wildman–Crippen LogP) is 5.84. The van der Waals surface area contributed by atoms with E-state index in [9.17, 15) is 9.59 Å². The van der Waals surface area contributed by atoms with Crippen LogP contribution in [-0.4, -0.2) is 18.4 Å². The van der Waals surface area contributed by atoms with Gasteiger partial charge in [0.25, 0.3) is 5.91 Å².